The fourth-order valence-corrected chi connectivity index (χ4v) is 2.53. The van der Waals surface area contributed by atoms with Crippen LogP contribution in [0.25, 0.3) is 10.1 Å². The van der Waals surface area contributed by atoms with Gasteiger partial charge >= 0.3 is 0 Å². The van der Waals surface area contributed by atoms with Gasteiger partial charge in [-0.25, -0.2) is 0 Å². The Labute approximate surface area is 90.6 Å². The monoisotopic (exact) mass is 225 g/mol. The molecule has 0 aliphatic rings. The number of rotatable bonds is 2. The topological polar surface area (TPSA) is 33.1 Å². The van der Waals surface area contributed by atoms with E-state index in [0.29, 0.717) is 0 Å². The second kappa shape index (κ2) is 3.59. The highest BCUT2D eigenvalue weighted by Crippen LogP contribution is 2.37. The second-order valence-electron chi connectivity index (χ2n) is 2.89. The molecule has 4 heteroatoms. The zero-order valence-corrected chi connectivity index (χ0v) is 9.08. The third-order valence-electron chi connectivity index (χ3n) is 2.02. The van der Waals surface area contributed by atoms with Crippen molar-refractivity contribution in [2.75, 3.05) is 0 Å². The van der Waals surface area contributed by atoms with Crippen molar-refractivity contribution in [1.29, 1.82) is 5.41 Å². The number of hydrogen-bond acceptors (Lipinski definition) is 3. The van der Waals surface area contributed by atoms with Gasteiger partial charge in [0.25, 0.3) is 0 Å². The van der Waals surface area contributed by atoms with E-state index < -0.39 is 0 Å². The molecule has 1 aromatic heterocycles. The quantitative estimate of drug-likeness (QED) is 0.611. The van der Waals surface area contributed by atoms with Crippen molar-refractivity contribution in [1.82, 2.24) is 0 Å². The van der Waals surface area contributed by atoms with Crippen LogP contribution in [0.3, 0.4) is 0 Å². The standard InChI is InChI=1S/C10H8ClNOS/c1-6-8-4-7(11)2-3-9(8)14-10(6)13-5-12/h2-5,12H,1H3. The minimum absolute atomic E-state index is 0.722. The highest BCUT2D eigenvalue weighted by Gasteiger charge is 2.08. The number of ether oxygens (including phenoxy) is 1. The molecule has 0 aliphatic heterocycles. The van der Waals surface area contributed by atoms with Gasteiger partial charge in [-0.2, -0.15) is 0 Å². The number of hydrogen-bond donors (Lipinski definition) is 1. The Bertz CT molecular complexity index is 492. The normalized spacial score (nSPS) is 10.4. The zero-order valence-electron chi connectivity index (χ0n) is 7.50. The molecule has 72 valence electrons. The van der Waals surface area contributed by atoms with E-state index in [1.165, 1.54) is 11.3 Å². The molecule has 2 aromatic rings. The predicted molar refractivity (Wildman–Crippen MR) is 61.0 cm³/mol. The lowest BCUT2D eigenvalue weighted by Gasteiger charge is -1.94. The SMILES string of the molecule is Cc1c(OC=N)sc2ccc(Cl)cc12. The number of thiophene rings is 1. The molecule has 0 fully saturated rings. The van der Waals surface area contributed by atoms with Gasteiger partial charge in [-0.05, 0) is 25.1 Å². The Morgan fingerprint density at radius 1 is 1.50 bits per heavy atom. The maximum Gasteiger partial charge on any atom is 0.186 e. The largest absolute Gasteiger partial charge is 0.435 e. The van der Waals surface area contributed by atoms with Gasteiger partial charge < -0.3 is 4.74 Å². The Morgan fingerprint density at radius 3 is 3.00 bits per heavy atom. The molecule has 14 heavy (non-hydrogen) atoms. The summed E-state index contributed by atoms with van der Waals surface area (Å²) in [4.78, 5) is 0. The summed E-state index contributed by atoms with van der Waals surface area (Å²) >= 11 is 7.42. The second-order valence-corrected chi connectivity index (χ2v) is 4.34. The Kier molecular flexibility index (Phi) is 2.44. The fourth-order valence-electron chi connectivity index (χ4n) is 1.34. The average Bonchev–Trinajstić information content (AvgIpc) is 2.46. The Hall–Kier alpha value is -1.06. The van der Waals surface area contributed by atoms with Crippen LogP contribution in [0.5, 0.6) is 5.06 Å². The van der Waals surface area contributed by atoms with Crippen molar-refractivity contribution in [2.45, 2.75) is 6.92 Å². The smallest absolute Gasteiger partial charge is 0.186 e. The fraction of sp³-hybridized carbons (Fsp3) is 0.100. The van der Waals surface area contributed by atoms with Gasteiger partial charge in [0.2, 0.25) is 0 Å². The highest BCUT2D eigenvalue weighted by molar-refractivity contribution is 7.21. The molecule has 0 bridgehead atoms. The summed E-state index contributed by atoms with van der Waals surface area (Å²) in [7, 11) is 0. The van der Waals surface area contributed by atoms with E-state index in [4.69, 9.17) is 21.7 Å². The van der Waals surface area contributed by atoms with Crippen molar-refractivity contribution < 1.29 is 4.74 Å². The van der Waals surface area contributed by atoms with Crippen LogP contribution in [0.2, 0.25) is 5.02 Å². The molecule has 1 heterocycles. The van der Waals surface area contributed by atoms with Crippen LogP contribution < -0.4 is 4.74 Å². The first-order valence-corrected chi connectivity index (χ1v) is 5.26. The minimum atomic E-state index is 0.722. The predicted octanol–water partition coefficient (Wildman–Crippen LogP) is 3.85. The highest BCUT2D eigenvalue weighted by atomic mass is 35.5. The van der Waals surface area contributed by atoms with Crippen LogP contribution in [-0.4, -0.2) is 6.40 Å². The summed E-state index contributed by atoms with van der Waals surface area (Å²) in [5, 5.41) is 9.47. The van der Waals surface area contributed by atoms with Gasteiger partial charge in [0.05, 0.1) is 0 Å². The van der Waals surface area contributed by atoms with Crippen molar-refractivity contribution in [3.8, 4) is 5.06 Å². The Balaban J connectivity index is 2.67. The van der Waals surface area contributed by atoms with Crippen LogP contribution in [-0.2, 0) is 0 Å². The number of fused-ring (bicyclic) bond motifs is 1. The summed E-state index contributed by atoms with van der Waals surface area (Å²) in [5.74, 6) is 0. The van der Waals surface area contributed by atoms with Crippen molar-refractivity contribution in [3.63, 3.8) is 0 Å². The maximum atomic E-state index is 6.89. The summed E-state index contributed by atoms with van der Waals surface area (Å²) in [6.07, 6.45) is 0.944. The number of halogens is 1. The average molecular weight is 226 g/mol. The van der Waals surface area contributed by atoms with Gasteiger partial charge in [0.15, 0.2) is 11.5 Å². The van der Waals surface area contributed by atoms with Gasteiger partial charge in [-0.1, -0.05) is 22.9 Å². The molecule has 0 saturated heterocycles. The first-order chi connectivity index (χ1) is 6.72. The van der Waals surface area contributed by atoms with E-state index in [9.17, 15) is 0 Å². The summed E-state index contributed by atoms with van der Waals surface area (Å²) in [6.45, 7) is 1.97. The third-order valence-corrected chi connectivity index (χ3v) is 3.42. The molecule has 0 amide bonds. The van der Waals surface area contributed by atoms with Crippen LogP contribution >= 0.6 is 22.9 Å². The lowest BCUT2D eigenvalue weighted by Crippen LogP contribution is -1.85. The summed E-state index contributed by atoms with van der Waals surface area (Å²) < 4.78 is 6.21. The van der Waals surface area contributed by atoms with Gasteiger partial charge in [0.1, 0.15) is 0 Å². The first kappa shape index (κ1) is 9.49. The van der Waals surface area contributed by atoms with Crippen LogP contribution in [0.15, 0.2) is 18.2 Å². The summed E-state index contributed by atoms with van der Waals surface area (Å²) in [6, 6.07) is 5.74. The number of aryl methyl sites for hydroxylation is 1. The molecular weight excluding hydrogens is 218 g/mol. The van der Waals surface area contributed by atoms with Crippen LogP contribution in [0.4, 0.5) is 0 Å². The van der Waals surface area contributed by atoms with E-state index >= 15 is 0 Å². The number of nitrogens with one attached hydrogen (secondary N) is 1. The number of benzene rings is 1. The van der Waals surface area contributed by atoms with E-state index in [1.54, 1.807) is 0 Å². The van der Waals surface area contributed by atoms with E-state index in [0.717, 1.165) is 32.1 Å². The Morgan fingerprint density at radius 2 is 2.29 bits per heavy atom. The molecule has 0 atom stereocenters. The van der Waals surface area contributed by atoms with Crippen molar-refractivity contribution >= 4 is 39.4 Å². The summed E-state index contributed by atoms with van der Waals surface area (Å²) in [5.41, 5.74) is 1.04. The molecule has 0 unspecified atom stereocenters. The van der Waals surface area contributed by atoms with E-state index in [2.05, 4.69) is 0 Å². The molecule has 1 N–H and O–H groups in total. The van der Waals surface area contributed by atoms with E-state index in [-0.39, 0.29) is 0 Å². The third kappa shape index (κ3) is 1.49. The van der Waals surface area contributed by atoms with Gasteiger partial charge in [0, 0.05) is 20.7 Å². The molecule has 0 aliphatic carbocycles. The molecular formula is C10H8ClNOS. The van der Waals surface area contributed by atoms with Crippen molar-refractivity contribution in [3.05, 3.63) is 28.8 Å². The molecule has 0 radical (unpaired) electrons. The van der Waals surface area contributed by atoms with Crippen LogP contribution in [0.1, 0.15) is 5.56 Å². The minimum Gasteiger partial charge on any atom is -0.435 e. The lowest BCUT2D eigenvalue weighted by molar-refractivity contribution is 0.583. The molecule has 1 aromatic carbocycles. The molecule has 0 spiro atoms. The van der Waals surface area contributed by atoms with Crippen LogP contribution in [0, 0.1) is 12.3 Å². The zero-order chi connectivity index (χ0) is 10.1. The van der Waals surface area contributed by atoms with E-state index in [1.807, 2.05) is 25.1 Å². The molecule has 2 nitrogen and oxygen atoms in total. The van der Waals surface area contributed by atoms with Gasteiger partial charge in [-0.15, -0.1) is 0 Å². The molecule has 0 saturated carbocycles. The lowest BCUT2D eigenvalue weighted by atomic mass is 10.2. The first-order valence-electron chi connectivity index (χ1n) is 4.06. The van der Waals surface area contributed by atoms with Gasteiger partial charge in [-0.3, -0.25) is 5.41 Å². The molecule has 2 rings (SSSR count). The maximum absolute atomic E-state index is 6.89. The van der Waals surface area contributed by atoms with Crippen molar-refractivity contribution in [2.24, 2.45) is 0 Å².